The zero-order chi connectivity index (χ0) is 14.6. The largest absolute Gasteiger partial charge is 0.350 e. The molecular formula is C18H21N3. The van der Waals surface area contributed by atoms with Crippen molar-refractivity contribution in [3.63, 3.8) is 0 Å². The van der Waals surface area contributed by atoms with Crippen LogP contribution in [0.2, 0.25) is 0 Å². The van der Waals surface area contributed by atoms with E-state index in [0.717, 1.165) is 18.7 Å². The average molecular weight is 279 g/mol. The van der Waals surface area contributed by atoms with Crippen molar-refractivity contribution in [3.05, 3.63) is 42.0 Å². The lowest BCUT2D eigenvalue weighted by Crippen LogP contribution is -1.87. The number of aryl methyl sites for hydroxylation is 3. The maximum atomic E-state index is 4.81. The number of nitrogens with zero attached hydrogens (tertiary/aromatic N) is 3. The molecule has 0 aliphatic carbocycles. The molecule has 0 unspecified atom stereocenters. The predicted molar refractivity (Wildman–Crippen MR) is 86.6 cm³/mol. The highest BCUT2D eigenvalue weighted by Gasteiger charge is 2.16. The van der Waals surface area contributed by atoms with Gasteiger partial charge in [-0.15, -0.1) is 0 Å². The highest BCUT2D eigenvalue weighted by atomic mass is 15.1. The maximum absolute atomic E-state index is 4.81. The minimum atomic E-state index is 0.538. The maximum Gasteiger partial charge on any atom is 0.109 e. The Morgan fingerprint density at radius 3 is 2.81 bits per heavy atom. The van der Waals surface area contributed by atoms with Crippen LogP contribution in [0.15, 0.2) is 30.6 Å². The van der Waals surface area contributed by atoms with Gasteiger partial charge in [0, 0.05) is 48.9 Å². The molecule has 0 radical (unpaired) electrons. The number of imidazole rings is 1. The van der Waals surface area contributed by atoms with Crippen LogP contribution in [0.5, 0.6) is 0 Å². The molecule has 0 fully saturated rings. The number of fused-ring (bicyclic) bond motifs is 2. The van der Waals surface area contributed by atoms with Gasteiger partial charge in [-0.3, -0.25) is 0 Å². The third-order valence-electron chi connectivity index (χ3n) is 4.60. The number of benzene rings is 1. The molecule has 0 spiro atoms. The third-order valence-corrected chi connectivity index (χ3v) is 4.60. The first-order valence-electron chi connectivity index (χ1n) is 7.79. The van der Waals surface area contributed by atoms with Gasteiger partial charge in [-0.2, -0.15) is 0 Å². The Labute approximate surface area is 125 Å². The number of aromatic nitrogens is 3. The van der Waals surface area contributed by atoms with E-state index in [-0.39, 0.29) is 0 Å². The summed E-state index contributed by atoms with van der Waals surface area (Å²) in [4.78, 5) is 4.81. The summed E-state index contributed by atoms with van der Waals surface area (Å²) in [6.07, 6.45) is 6.82. The molecule has 4 rings (SSSR count). The van der Waals surface area contributed by atoms with Crippen LogP contribution in [0.4, 0.5) is 0 Å². The van der Waals surface area contributed by atoms with Crippen molar-refractivity contribution < 1.29 is 0 Å². The monoisotopic (exact) mass is 279 g/mol. The van der Waals surface area contributed by atoms with Crippen molar-refractivity contribution >= 4 is 10.9 Å². The summed E-state index contributed by atoms with van der Waals surface area (Å²) in [5.74, 6) is 1.78. The summed E-state index contributed by atoms with van der Waals surface area (Å²) in [6, 6.07) is 6.73. The van der Waals surface area contributed by atoms with Crippen LogP contribution in [0, 0.1) is 0 Å². The van der Waals surface area contributed by atoms with Gasteiger partial charge in [0.25, 0.3) is 0 Å². The molecule has 0 saturated heterocycles. The Morgan fingerprint density at radius 2 is 2.05 bits per heavy atom. The Kier molecular flexibility index (Phi) is 2.71. The smallest absolute Gasteiger partial charge is 0.109 e. The molecule has 0 atom stereocenters. The molecule has 21 heavy (non-hydrogen) atoms. The molecule has 3 aromatic rings. The fourth-order valence-electron chi connectivity index (χ4n) is 3.44. The summed E-state index contributed by atoms with van der Waals surface area (Å²) in [5.41, 5.74) is 5.07. The van der Waals surface area contributed by atoms with Crippen molar-refractivity contribution in [3.8, 4) is 11.3 Å². The normalized spacial score (nSPS) is 14.3. The van der Waals surface area contributed by atoms with Gasteiger partial charge in [0.05, 0.1) is 5.69 Å². The van der Waals surface area contributed by atoms with Gasteiger partial charge in [0.2, 0.25) is 0 Å². The number of hydrogen-bond acceptors (Lipinski definition) is 1. The van der Waals surface area contributed by atoms with Crippen LogP contribution >= 0.6 is 0 Å². The molecule has 1 aliphatic rings. The van der Waals surface area contributed by atoms with Gasteiger partial charge in [-0.25, -0.2) is 4.98 Å². The molecule has 0 N–H and O–H groups in total. The van der Waals surface area contributed by atoms with E-state index < -0.39 is 0 Å². The topological polar surface area (TPSA) is 22.8 Å². The minimum Gasteiger partial charge on any atom is -0.350 e. The summed E-state index contributed by atoms with van der Waals surface area (Å²) in [7, 11) is 2.12. The SMILES string of the molecule is CC(C)c1cn(C)c2ccc(-c3cn4c(n3)CCC4)cc12. The Morgan fingerprint density at radius 1 is 1.19 bits per heavy atom. The van der Waals surface area contributed by atoms with Crippen LogP contribution < -0.4 is 0 Å². The molecule has 0 amide bonds. The first-order chi connectivity index (χ1) is 10.1. The third kappa shape index (κ3) is 1.91. The molecule has 1 aromatic carbocycles. The lowest BCUT2D eigenvalue weighted by Gasteiger charge is -2.04. The van der Waals surface area contributed by atoms with Gasteiger partial charge in [0.15, 0.2) is 0 Å². The molecule has 3 nitrogen and oxygen atoms in total. The van der Waals surface area contributed by atoms with E-state index in [1.807, 2.05) is 0 Å². The highest BCUT2D eigenvalue weighted by molar-refractivity contribution is 5.88. The second-order valence-electron chi connectivity index (χ2n) is 6.42. The molecule has 3 heterocycles. The molecule has 0 bridgehead atoms. The van der Waals surface area contributed by atoms with E-state index in [4.69, 9.17) is 4.98 Å². The van der Waals surface area contributed by atoms with Crippen molar-refractivity contribution in [2.75, 3.05) is 0 Å². The lowest BCUT2D eigenvalue weighted by atomic mass is 10.0. The van der Waals surface area contributed by atoms with E-state index in [9.17, 15) is 0 Å². The zero-order valence-electron chi connectivity index (χ0n) is 12.9. The molecule has 1 aliphatic heterocycles. The Bertz CT molecular complexity index is 799. The minimum absolute atomic E-state index is 0.538. The quantitative estimate of drug-likeness (QED) is 0.692. The van der Waals surface area contributed by atoms with Crippen molar-refractivity contribution in [2.45, 2.75) is 39.2 Å². The Balaban J connectivity index is 1.87. The average Bonchev–Trinajstić information content (AvgIpc) is 3.11. The lowest BCUT2D eigenvalue weighted by molar-refractivity contribution is 0.750. The molecule has 3 heteroatoms. The second kappa shape index (κ2) is 4.48. The number of hydrogen-bond donors (Lipinski definition) is 0. The van der Waals surface area contributed by atoms with Gasteiger partial charge in [0.1, 0.15) is 5.82 Å². The van der Waals surface area contributed by atoms with Gasteiger partial charge >= 0.3 is 0 Å². The molecule has 2 aromatic heterocycles. The summed E-state index contributed by atoms with van der Waals surface area (Å²) < 4.78 is 4.52. The second-order valence-corrected chi connectivity index (χ2v) is 6.42. The summed E-state index contributed by atoms with van der Waals surface area (Å²) in [5, 5.41) is 1.36. The summed E-state index contributed by atoms with van der Waals surface area (Å²) >= 11 is 0. The van der Waals surface area contributed by atoms with Crippen LogP contribution in [-0.2, 0) is 20.0 Å². The van der Waals surface area contributed by atoms with E-state index in [2.05, 4.69) is 60.6 Å². The Hall–Kier alpha value is -2.03. The van der Waals surface area contributed by atoms with E-state index in [1.165, 1.54) is 34.3 Å². The van der Waals surface area contributed by atoms with E-state index in [1.54, 1.807) is 0 Å². The van der Waals surface area contributed by atoms with Gasteiger partial charge in [-0.1, -0.05) is 19.9 Å². The predicted octanol–water partition coefficient (Wildman–Crippen LogP) is 4.11. The van der Waals surface area contributed by atoms with Crippen molar-refractivity contribution in [1.29, 1.82) is 0 Å². The highest BCUT2D eigenvalue weighted by Crippen LogP contribution is 2.31. The summed E-state index contributed by atoms with van der Waals surface area (Å²) in [6.45, 7) is 5.63. The first kappa shape index (κ1) is 12.7. The fourth-order valence-corrected chi connectivity index (χ4v) is 3.44. The zero-order valence-corrected chi connectivity index (χ0v) is 12.9. The van der Waals surface area contributed by atoms with Crippen molar-refractivity contribution in [2.24, 2.45) is 7.05 Å². The van der Waals surface area contributed by atoms with E-state index in [0.29, 0.717) is 5.92 Å². The van der Waals surface area contributed by atoms with Gasteiger partial charge in [-0.05, 0) is 30.0 Å². The first-order valence-corrected chi connectivity index (χ1v) is 7.79. The van der Waals surface area contributed by atoms with Crippen LogP contribution in [0.25, 0.3) is 22.2 Å². The van der Waals surface area contributed by atoms with Crippen LogP contribution in [0.3, 0.4) is 0 Å². The van der Waals surface area contributed by atoms with Crippen LogP contribution in [-0.4, -0.2) is 14.1 Å². The van der Waals surface area contributed by atoms with E-state index >= 15 is 0 Å². The molecular weight excluding hydrogens is 258 g/mol. The van der Waals surface area contributed by atoms with Crippen LogP contribution in [0.1, 0.15) is 37.6 Å². The standard InChI is InChI=1S/C18H21N3/c1-12(2)15-10-20(3)17-7-6-13(9-14(15)17)16-11-21-8-4-5-18(21)19-16/h6-7,9-12H,4-5,8H2,1-3H3. The molecule has 0 saturated carbocycles. The number of rotatable bonds is 2. The molecule has 108 valence electrons. The van der Waals surface area contributed by atoms with Gasteiger partial charge < -0.3 is 9.13 Å². The fraction of sp³-hybridized carbons (Fsp3) is 0.389. The van der Waals surface area contributed by atoms with Crippen molar-refractivity contribution in [1.82, 2.24) is 14.1 Å².